The van der Waals surface area contributed by atoms with E-state index < -0.39 is 0 Å². The Hall–Kier alpha value is -0.770. The highest BCUT2D eigenvalue weighted by Gasteiger charge is 2.17. The molecule has 0 atom stereocenters. The molecule has 0 spiro atoms. The summed E-state index contributed by atoms with van der Waals surface area (Å²) in [7, 11) is 0. The van der Waals surface area contributed by atoms with Crippen LogP contribution in [0.15, 0.2) is 0 Å². The molecule has 0 aliphatic rings. The maximum absolute atomic E-state index is 10.8. The van der Waals surface area contributed by atoms with E-state index in [1.807, 2.05) is 0 Å². The van der Waals surface area contributed by atoms with Gasteiger partial charge in [0.2, 0.25) is 0 Å². The highest BCUT2D eigenvalue weighted by atomic mass is 16.2. The summed E-state index contributed by atoms with van der Waals surface area (Å²) < 4.78 is 0. The number of rotatable bonds is 6. The van der Waals surface area contributed by atoms with Gasteiger partial charge in [-0.05, 0) is 11.8 Å². The van der Waals surface area contributed by atoms with Crippen LogP contribution < -0.4 is 16.6 Å². The molecular weight excluding hydrogens is 178 g/mol. The number of nitrogens with two attached hydrogens (primary N) is 1. The Morgan fingerprint density at radius 1 is 1.36 bits per heavy atom. The van der Waals surface area contributed by atoms with E-state index in [-0.39, 0.29) is 11.4 Å². The molecule has 4 nitrogen and oxygen atoms in total. The highest BCUT2D eigenvalue weighted by molar-refractivity contribution is 5.73. The molecule has 0 fully saturated rings. The summed E-state index contributed by atoms with van der Waals surface area (Å²) in [5, 5.41) is 2.72. The summed E-state index contributed by atoms with van der Waals surface area (Å²) in [6.45, 7) is 7.16. The van der Waals surface area contributed by atoms with Crippen LogP contribution >= 0.6 is 0 Å². The molecule has 0 bridgehead atoms. The van der Waals surface area contributed by atoms with Gasteiger partial charge in [-0.2, -0.15) is 0 Å². The molecule has 0 saturated heterocycles. The minimum atomic E-state index is -0.312. The van der Waals surface area contributed by atoms with Gasteiger partial charge in [-0.15, -0.1) is 0 Å². The van der Waals surface area contributed by atoms with Crippen LogP contribution in [0.1, 0.15) is 46.5 Å². The molecular formula is C10H23N3O. The van der Waals surface area contributed by atoms with Gasteiger partial charge in [0.05, 0.1) is 0 Å². The van der Waals surface area contributed by atoms with Crippen LogP contribution in [0.2, 0.25) is 0 Å². The van der Waals surface area contributed by atoms with Crippen molar-refractivity contribution in [2.24, 2.45) is 11.3 Å². The molecule has 84 valence electrons. The average molecular weight is 201 g/mol. The second-order valence-electron chi connectivity index (χ2n) is 4.45. The maximum Gasteiger partial charge on any atom is 0.328 e. The second kappa shape index (κ2) is 6.65. The van der Waals surface area contributed by atoms with Gasteiger partial charge >= 0.3 is 6.03 Å². The van der Waals surface area contributed by atoms with E-state index in [0.29, 0.717) is 6.54 Å². The van der Waals surface area contributed by atoms with Gasteiger partial charge < -0.3 is 5.32 Å². The fraction of sp³-hybridized carbons (Fsp3) is 0.900. The van der Waals surface area contributed by atoms with Gasteiger partial charge in [0.15, 0.2) is 0 Å². The van der Waals surface area contributed by atoms with Crippen LogP contribution in [-0.2, 0) is 0 Å². The first-order valence-electron chi connectivity index (χ1n) is 5.26. The number of amides is 2. The van der Waals surface area contributed by atoms with Crippen molar-refractivity contribution in [2.75, 3.05) is 6.54 Å². The standard InChI is InChI=1S/C10H23N3O/c1-4-5-6-7-10(2,3)8-12-9(14)13-11/h4-8,11H2,1-3H3,(H2,12,13,14). The lowest BCUT2D eigenvalue weighted by atomic mass is 9.87. The first-order valence-corrected chi connectivity index (χ1v) is 5.26. The number of urea groups is 1. The Morgan fingerprint density at radius 3 is 2.50 bits per heavy atom. The minimum absolute atomic E-state index is 0.154. The van der Waals surface area contributed by atoms with Crippen molar-refractivity contribution < 1.29 is 4.79 Å². The first kappa shape index (κ1) is 13.2. The van der Waals surface area contributed by atoms with Gasteiger partial charge in [0.1, 0.15) is 0 Å². The maximum atomic E-state index is 10.8. The zero-order valence-corrected chi connectivity index (χ0v) is 9.52. The number of unbranched alkanes of at least 4 members (excludes halogenated alkanes) is 2. The minimum Gasteiger partial charge on any atom is -0.337 e. The lowest BCUT2D eigenvalue weighted by Crippen LogP contribution is -2.43. The van der Waals surface area contributed by atoms with E-state index >= 15 is 0 Å². The van der Waals surface area contributed by atoms with Crippen molar-refractivity contribution in [3.8, 4) is 0 Å². The van der Waals surface area contributed by atoms with Crippen molar-refractivity contribution in [1.82, 2.24) is 10.7 Å². The summed E-state index contributed by atoms with van der Waals surface area (Å²) in [4.78, 5) is 10.8. The molecule has 2 amide bonds. The van der Waals surface area contributed by atoms with Crippen molar-refractivity contribution in [1.29, 1.82) is 0 Å². The van der Waals surface area contributed by atoms with Gasteiger partial charge in [-0.1, -0.05) is 40.0 Å². The second-order valence-corrected chi connectivity index (χ2v) is 4.45. The zero-order valence-electron chi connectivity index (χ0n) is 9.52. The third kappa shape index (κ3) is 6.71. The number of nitrogens with one attached hydrogen (secondary N) is 2. The summed E-state index contributed by atoms with van der Waals surface area (Å²) in [5.41, 5.74) is 2.21. The number of hydrogen-bond acceptors (Lipinski definition) is 2. The van der Waals surface area contributed by atoms with Gasteiger partial charge in [0, 0.05) is 6.54 Å². The van der Waals surface area contributed by atoms with E-state index in [1.54, 1.807) is 0 Å². The molecule has 0 saturated carbocycles. The fourth-order valence-corrected chi connectivity index (χ4v) is 1.31. The highest BCUT2D eigenvalue weighted by Crippen LogP contribution is 2.22. The third-order valence-electron chi connectivity index (χ3n) is 2.32. The van der Waals surface area contributed by atoms with Crippen LogP contribution in [0, 0.1) is 5.41 Å². The lowest BCUT2D eigenvalue weighted by Gasteiger charge is -2.24. The molecule has 0 heterocycles. The number of hydrazine groups is 1. The predicted molar refractivity (Wildman–Crippen MR) is 58.6 cm³/mol. The Labute approximate surface area is 86.6 Å². The van der Waals surface area contributed by atoms with Crippen molar-refractivity contribution in [3.05, 3.63) is 0 Å². The van der Waals surface area contributed by atoms with Crippen LogP contribution in [0.25, 0.3) is 0 Å². The summed E-state index contributed by atoms with van der Waals surface area (Å²) in [6.07, 6.45) is 4.83. The van der Waals surface area contributed by atoms with Crippen molar-refractivity contribution >= 4 is 6.03 Å². The zero-order chi connectivity index (χ0) is 11.0. The molecule has 0 aromatic heterocycles. The van der Waals surface area contributed by atoms with E-state index in [9.17, 15) is 4.79 Å². The van der Waals surface area contributed by atoms with Crippen LogP contribution in [-0.4, -0.2) is 12.6 Å². The van der Waals surface area contributed by atoms with Crippen LogP contribution in [0.3, 0.4) is 0 Å². The largest absolute Gasteiger partial charge is 0.337 e. The molecule has 4 heteroatoms. The van der Waals surface area contributed by atoms with Crippen LogP contribution in [0.4, 0.5) is 4.79 Å². The van der Waals surface area contributed by atoms with E-state index in [2.05, 4.69) is 31.5 Å². The molecule has 0 rings (SSSR count). The number of hydrogen-bond donors (Lipinski definition) is 3. The van der Waals surface area contributed by atoms with Gasteiger partial charge in [-0.3, -0.25) is 5.43 Å². The predicted octanol–water partition coefficient (Wildman–Crippen LogP) is 1.77. The Morgan fingerprint density at radius 2 is 2.00 bits per heavy atom. The molecule has 0 aromatic rings. The third-order valence-corrected chi connectivity index (χ3v) is 2.32. The van der Waals surface area contributed by atoms with Crippen molar-refractivity contribution in [2.45, 2.75) is 46.5 Å². The molecule has 0 aromatic carbocycles. The normalized spacial score (nSPS) is 11.1. The monoisotopic (exact) mass is 201 g/mol. The average Bonchev–Trinajstić information content (AvgIpc) is 2.14. The van der Waals surface area contributed by atoms with E-state index in [4.69, 9.17) is 5.84 Å². The van der Waals surface area contributed by atoms with E-state index in [0.717, 1.165) is 6.42 Å². The van der Waals surface area contributed by atoms with Crippen molar-refractivity contribution in [3.63, 3.8) is 0 Å². The molecule has 0 aliphatic carbocycles. The summed E-state index contributed by atoms with van der Waals surface area (Å²) in [5.74, 6) is 4.96. The lowest BCUT2D eigenvalue weighted by molar-refractivity contribution is 0.231. The first-order chi connectivity index (χ1) is 6.52. The number of carbonyl (C=O) groups excluding carboxylic acids is 1. The Kier molecular flexibility index (Phi) is 6.28. The molecule has 0 radical (unpaired) electrons. The Bertz CT molecular complexity index is 169. The van der Waals surface area contributed by atoms with Crippen LogP contribution in [0.5, 0.6) is 0 Å². The molecule has 4 N–H and O–H groups in total. The smallest absolute Gasteiger partial charge is 0.328 e. The van der Waals surface area contributed by atoms with Gasteiger partial charge in [-0.25, -0.2) is 10.6 Å². The quantitative estimate of drug-likeness (QED) is 0.265. The van der Waals surface area contributed by atoms with Gasteiger partial charge in [0.25, 0.3) is 0 Å². The molecule has 14 heavy (non-hydrogen) atoms. The summed E-state index contributed by atoms with van der Waals surface area (Å²) in [6, 6.07) is -0.312. The van der Waals surface area contributed by atoms with E-state index in [1.165, 1.54) is 19.3 Å². The SMILES string of the molecule is CCCCCC(C)(C)CNC(=O)NN. The Balaban J connectivity index is 3.65. The topological polar surface area (TPSA) is 67.2 Å². The fourth-order valence-electron chi connectivity index (χ4n) is 1.31. The molecule has 0 aliphatic heterocycles. The summed E-state index contributed by atoms with van der Waals surface area (Å²) >= 11 is 0. The molecule has 0 unspecified atom stereocenters. The number of carbonyl (C=O) groups is 1.